The minimum Gasteiger partial charge on any atom is -0.268 e. The second-order valence-corrected chi connectivity index (χ2v) is 5.02. The number of rotatable bonds is 4. The first kappa shape index (κ1) is 12.2. The van der Waals surface area contributed by atoms with E-state index in [-0.39, 0.29) is 16.9 Å². The molecule has 0 aliphatic heterocycles. The molecule has 15 heavy (non-hydrogen) atoms. The number of halogens is 1. The molecule has 0 amide bonds. The van der Waals surface area contributed by atoms with Crippen LogP contribution >= 0.6 is 11.6 Å². The van der Waals surface area contributed by atoms with Crippen LogP contribution in [0.2, 0.25) is 5.15 Å². The molecule has 1 aromatic heterocycles. The van der Waals surface area contributed by atoms with Crippen molar-refractivity contribution >= 4 is 27.5 Å². The molecule has 1 rings (SSSR count). The van der Waals surface area contributed by atoms with Crippen molar-refractivity contribution in [3.8, 4) is 0 Å². The molecule has 0 aromatic carbocycles. The fourth-order valence-corrected chi connectivity index (χ4v) is 2.30. The largest absolute Gasteiger partial charge is 0.299 e. The molecule has 0 aliphatic carbocycles. The highest BCUT2D eigenvalue weighted by Crippen LogP contribution is 2.18. The summed E-state index contributed by atoms with van der Waals surface area (Å²) < 4.78 is 27.6. The number of nitrogens with one attached hydrogen (secondary N) is 2. The predicted octanol–water partition coefficient (Wildman–Crippen LogP) is 1.39. The van der Waals surface area contributed by atoms with Gasteiger partial charge in [0.1, 0.15) is 0 Å². The molecule has 5 nitrogen and oxygen atoms in total. The van der Waals surface area contributed by atoms with E-state index in [2.05, 4.69) is 14.4 Å². The van der Waals surface area contributed by atoms with Crippen LogP contribution in [0.4, 0.5) is 5.69 Å². The van der Waals surface area contributed by atoms with Gasteiger partial charge < -0.3 is 0 Å². The molecule has 1 aromatic rings. The van der Waals surface area contributed by atoms with Crippen LogP contribution in [0.1, 0.15) is 13.8 Å². The molecule has 7 heteroatoms. The second-order valence-electron chi connectivity index (χ2n) is 3.22. The average molecular weight is 250 g/mol. The zero-order chi connectivity index (χ0) is 11.5. The van der Waals surface area contributed by atoms with Crippen molar-refractivity contribution in [2.45, 2.75) is 19.9 Å². The molecule has 0 spiro atoms. The van der Waals surface area contributed by atoms with Gasteiger partial charge in [-0.25, -0.2) is 4.98 Å². The lowest BCUT2D eigenvalue weighted by molar-refractivity contribution is 0.575. The summed E-state index contributed by atoms with van der Waals surface area (Å²) in [6.45, 7) is 3.45. The van der Waals surface area contributed by atoms with Crippen molar-refractivity contribution < 1.29 is 8.42 Å². The SMILES string of the molecule is CC(C)NS(=O)(=O)Nc1cccnc1Cl. The van der Waals surface area contributed by atoms with Crippen LogP contribution in [0.3, 0.4) is 0 Å². The van der Waals surface area contributed by atoms with Gasteiger partial charge in [-0.05, 0) is 26.0 Å². The van der Waals surface area contributed by atoms with Gasteiger partial charge in [0, 0.05) is 12.2 Å². The Morgan fingerprint density at radius 3 is 2.67 bits per heavy atom. The highest BCUT2D eigenvalue weighted by molar-refractivity contribution is 7.90. The van der Waals surface area contributed by atoms with Gasteiger partial charge in [-0.2, -0.15) is 13.1 Å². The molecule has 2 N–H and O–H groups in total. The summed E-state index contributed by atoms with van der Waals surface area (Å²) in [4.78, 5) is 3.75. The van der Waals surface area contributed by atoms with Gasteiger partial charge in [0.05, 0.1) is 5.69 Å². The Morgan fingerprint density at radius 1 is 1.47 bits per heavy atom. The minimum absolute atomic E-state index is 0.117. The van der Waals surface area contributed by atoms with Gasteiger partial charge in [0.15, 0.2) is 5.15 Å². The van der Waals surface area contributed by atoms with E-state index in [1.165, 1.54) is 12.3 Å². The van der Waals surface area contributed by atoms with Crippen LogP contribution in [-0.4, -0.2) is 19.4 Å². The van der Waals surface area contributed by atoms with Crippen molar-refractivity contribution in [3.63, 3.8) is 0 Å². The molecule has 0 saturated heterocycles. The van der Waals surface area contributed by atoms with Gasteiger partial charge >= 0.3 is 0 Å². The zero-order valence-electron chi connectivity index (χ0n) is 8.36. The molecular weight excluding hydrogens is 238 g/mol. The first-order valence-corrected chi connectivity index (χ1v) is 6.17. The number of anilines is 1. The maximum atomic E-state index is 11.5. The Labute approximate surface area is 94.0 Å². The maximum absolute atomic E-state index is 11.5. The first-order chi connectivity index (χ1) is 6.91. The summed E-state index contributed by atoms with van der Waals surface area (Å²) in [7, 11) is -3.58. The van der Waals surface area contributed by atoms with E-state index in [1.807, 2.05) is 0 Å². The summed E-state index contributed by atoms with van der Waals surface area (Å²) in [6.07, 6.45) is 1.48. The van der Waals surface area contributed by atoms with Crippen LogP contribution in [0, 0.1) is 0 Å². The van der Waals surface area contributed by atoms with E-state index in [4.69, 9.17) is 11.6 Å². The molecule has 1 heterocycles. The third-order valence-electron chi connectivity index (χ3n) is 1.39. The molecular formula is C8H12ClN3O2S. The predicted molar refractivity (Wildman–Crippen MR) is 60.1 cm³/mol. The van der Waals surface area contributed by atoms with Crippen LogP contribution in [0.15, 0.2) is 18.3 Å². The molecule has 0 saturated carbocycles. The van der Waals surface area contributed by atoms with Crippen molar-refractivity contribution in [2.75, 3.05) is 4.72 Å². The first-order valence-electron chi connectivity index (χ1n) is 4.31. The average Bonchev–Trinajstić information content (AvgIpc) is 2.06. The van der Waals surface area contributed by atoms with Gasteiger partial charge in [0.25, 0.3) is 10.2 Å². The number of aromatic nitrogens is 1. The molecule has 0 atom stereocenters. The Bertz CT molecular complexity index is 433. The molecule has 0 fully saturated rings. The Hall–Kier alpha value is -0.850. The van der Waals surface area contributed by atoms with Gasteiger partial charge in [-0.3, -0.25) is 4.72 Å². The standard InChI is InChI=1S/C8H12ClN3O2S/c1-6(2)11-15(13,14)12-7-4-3-5-10-8(7)9/h3-6,11-12H,1-2H3. The Balaban J connectivity index is 2.83. The summed E-state index contributed by atoms with van der Waals surface area (Å²) in [5.74, 6) is 0. The third kappa shape index (κ3) is 4.03. The molecule has 0 radical (unpaired) electrons. The fourth-order valence-electron chi connectivity index (χ4n) is 0.947. The van der Waals surface area contributed by atoms with E-state index in [9.17, 15) is 8.42 Å². The van der Waals surface area contributed by atoms with Crippen LogP contribution < -0.4 is 9.44 Å². The van der Waals surface area contributed by atoms with Crippen molar-refractivity contribution in [2.24, 2.45) is 0 Å². The van der Waals surface area contributed by atoms with Crippen molar-refractivity contribution in [1.29, 1.82) is 0 Å². The molecule has 0 aliphatic rings. The Morgan fingerprint density at radius 2 is 2.13 bits per heavy atom. The quantitative estimate of drug-likeness (QED) is 0.793. The van der Waals surface area contributed by atoms with E-state index in [0.29, 0.717) is 0 Å². The van der Waals surface area contributed by atoms with Crippen LogP contribution in [0.25, 0.3) is 0 Å². The number of hydrogen-bond donors (Lipinski definition) is 2. The summed E-state index contributed by atoms with van der Waals surface area (Å²) in [5.41, 5.74) is 0.257. The fraction of sp³-hybridized carbons (Fsp3) is 0.375. The van der Waals surface area contributed by atoms with E-state index in [0.717, 1.165) is 0 Å². The minimum atomic E-state index is -3.58. The molecule has 0 unspecified atom stereocenters. The van der Waals surface area contributed by atoms with Gasteiger partial charge in [-0.15, -0.1) is 0 Å². The van der Waals surface area contributed by atoms with E-state index >= 15 is 0 Å². The highest BCUT2D eigenvalue weighted by atomic mass is 35.5. The van der Waals surface area contributed by atoms with E-state index < -0.39 is 10.2 Å². The van der Waals surface area contributed by atoms with Crippen LogP contribution in [0.5, 0.6) is 0 Å². The van der Waals surface area contributed by atoms with Crippen LogP contribution in [-0.2, 0) is 10.2 Å². The highest BCUT2D eigenvalue weighted by Gasteiger charge is 2.13. The summed E-state index contributed by atoms with van der Waals surface area (Å²) in [6, 6.07) is 2.95. The topological polar surface area (TPSA) is 71.1 Å². The molecule has 0 bridgehead atoms. The third-order valence-corrected chi connectivity index (χ3v) is 2.97. The molecule has 84 valence electrons. The lowest BCUT2D eigenvalue weighted by atomic mass is 10.4. The number of hydrogen-bond acceptors (Lipinski definition) is 3. The van der Waals surface area contributed by atoms with Crippen molar-refractivity contribution in [3.05, 3.63) is 23.5 Å². The zero-order valence-corrected chi connectivity index (χ0v) is 9.93. The summed E-state index contributed by atoms with van der Waals surface area (Å²) >= 11 is 5.70. The second kappa shape index (κ2) is 4.78. The van der Waals surface area contributed by atoms with Gasteiger partial charge in [0.2, 0.25) is 0 Å². The monoisotopic (exact) mass is 249 g/mol. The maximum Gasteiger partial charge on any atom is 0.299 e. The number of pyridine rings is 1. The van der Waals surface area contributed by atoms with Gasteiger partial charge in [-0.1, -0.05) is 11.6 Å². The normalized spacial score (nSPS) is 11.7. The van der Waals surface area contributed by atoms with Crippen molar-refractivity contribution in [1.82, 2.24) is 9.71 Å². The Kier molecular flexibility index (Phi) is 3.90. The summed E-state index contributed by atoms with van der Waals surface area (Å²) in [5, 5.41) is 0.117. The lowest BCUT2D eigenvalue weighted by Gasteiger charge is -2.11. The lowest BCUT2D eigenvalue weighted by Crippen LogP contribution is -2.35. The smallest absolute Gasteiger partial charge is 0.268 e. The van der Waals surface area contributed by atoms with E-state index in [1.54, 1.807) is 19.9 Å². The number of nitrogens with zero attached hydrogens (tertiary/aromatic N) is 1.